The number of H-pyrrole nitrogens is 1. The zero-order valence-electron chi connectivity index (χ0n) is 5.89. The zero-order chi connectivity index (χ0) is 7.56. The summed E-state index contributed by atoms with van der Waals surface area (Å²) in [6.45, 7) is 2.31. The van der Waals surface area contributed by atoms with E-state index in [1.165, 1.54) is 0 Å². The lowest BCUT2D eigenvalue weighted by Crippen LogP contribution is -2.02. The molecule has 4 N–H and O–H groups in total. The molecule has 10 heavy (non-hydrogen) atoms. The summed E-state index contributed by atoms with van der Waals surface area (Å²) < 4.78 is 0. The Labute approximate surface area is 59.1 Å². The van der Waals surface area contributed by atoms with E-state index in [0.29, 0.717) is 13.0 Å². The predicted molar refractivity (Wildman–Crippen MR) is 37.7 cm³/mol. The van der Waals surface area contributed by atoms with Gasteiger partial charge in [-0.25, -0.2) is 0 Å². The van der Waals surface area contributed by atoms with E-state index in [1.807, 2.05) is 0 Å². The Morgan fingerprint density at radius 3 is 2.80 bits per heavy atom. The molecule has 56 valence electrons. The fourth-order valence-electron chi connectivity index (χ4n) is 0.847. The van der Waals surface area contributed by atoms with Crippen molar-refractivity contribution in [2.45, 2.75) is 13.3 Å². The second-order valence-electron chi connectivity index (χ2n) is 2.16. The molecule has 0 fully saturated rings. The van der Waals surface area contributed by atoms with Gasteiger partial charge in [0.05, 0.1) is 5.69 Å². The summed E-state index contributed by atoms with van der Waals surface area (Å²) in [5.74, 6) is 0.795. The third-order valence-corrected chi connectivity index (χ3v) is 1.27. The minimum Gasteiger partial charge on any atom is -0.492 e. The molecule has 0 bridgehead atoms. The molecule has 1 aromatic rings. The van der Waals surface area contributed by atoms with Crippen molar-refractivity contribution >= 4 is 0 Å². The van der Waals surface area contributed by atoms with Crippen LogP contribution in [-0.2, 0) is 6.42 Å². The lowest BCUT2D eigenvalue weighted by molar-refractivity contribution is 0.449. The number of nitrogens with one attached hydrogen (secondary N) is 1. The van der Waals surface area contributed by atoms with Crippen LogP contribution in [0.4, 0.5) is 0 Å². The highest BCUT2D eigenvalue weighted by Gasteiger charge is 2.03. The first-order valence-corrected chi connectivity index (χ1v) is 3.18. The summed E-state index contributed by atoms with van der Waals surface area (Å²) in [6, 6.07) is 0. The molecular weight excluding hydrogens is 130 g/mol. The molecule has 4 nitrogen and oxygen atoms in total. The number of nitrogens with zero attached hydrogens (tertiary/aromatic N) is 1. The number of hydrogen-bond donors (Lipinski definition) is 3. The van der Waals surface area contributed by atoms with Crippen molar-refractivity contribution in [2.75, 3.05) is 6.54 Å². The fraction of sp³-hybridized carbons (Fsp3) is 0.500. The van der Waals surface area contributed by atoms with Crippen LogP contribution in [0, 0.1) is 6.92 Å². The highest BCUT2D eigenvalue weighted by Crippen LogP contribution is 2.11. The maximum absolute atomic E-state index is 9.06. The lowest BCUT2D eigenvalue weighted by atomic mass is 10.3. The van der Waals surface area contributed by atoms with Gasteiger partial charge in [-0.05, 0) is 13.5 Å². The van der Waals surface area contributed by atoms with Gasteiger partial charge in [0.1, 0.15) is 5.82 Å². The first-order chi connectivity index (χ1) is 4.74. The number of aromatic nitrogens is 2. The maximum atomic E-state index is 9.06. The smallest absolute Gasteiger partial charge is 0.232 e. The van der Waals surface area contributed by atoms with Crippen LogP contribution in [0.1, 0.15) is 11.5 Å². The predicted octanol–water partition coefficient (Wildman–Crippen LogP) is -0.0751. The fourth-order valence-corrected chi connectivity index (χ4v) is 0.847. The molecule has 0 aliphatic rings. The van der Waals surface area contributed by atoms with Crippen molar-refractivity contribution in [3.63, 3.8) is 0 Å². The molecule has 0 spiro atoms. The number of nitrogens with two attached hydrogens (primary N) is 1. The minimum absolute atomic E-state index is 0.0722. The van der Waals surface area contributed by atoms with Gasteiger partial charge in [-0.1, -0.05) is 0 Å². The summed E-state index contributed by atoms with van der Waals surface area (Å²) in [4.78, 5) is 6.68. The summed E-state index contributed by atoms with van der Waals surface area (Å²) in [5, 5.41) is 9.06. The van der Waals surface area contributed by atoms with Gasteiger partial charge in [0.15, 0.2) is 0 Å². The SMILES string of the molecule is Cc1nc(O)c(CCN)[nH]1. The highest BCUT2D eigenvalue weighted by molar-refractivity contribution is 5.18. The molecule has 0 saturated heterocycles. The van der Waals surface area contributed by atoms with Crippen LogP contribution in [0.25, 0.3) is 0 Å². The van der Waals surface area contributed by atoms with Gasteiger partial charge in [-0.2, -0.15) is 4.98 Å². The van der Waals surface area contributed by atoms with E-state index in [1.54, 1.807) is 6.92 Å². The van der Waals surface area contributed by atoms with Crippen molar-refractivity contribution in [3.05, 3.63) is 11.5 Å². The van der Waals surface area contributed by atoms with Crippen molar-refractivity contribution in [1.29, 1.82) is 0 Å². The maximum Gasteiger partial charge on any atom is 0.232 e. The Morgan fingerprint density at radius 2 is 2.40 bits per heavy atom. The molecule has 1 heterocycles. The van der Waals surface area contributed by atoms with E-state index >= 15 is 0 Å². The van der Waals surface area contributed by atoms with Gasteiger partial charge in [0.25, 0.3) is 0 Å². The average molecular weight is 141 g/mol. The van der Waals surface area contributed by atoms with Crippen molar-refractivity contribution in [1.82, 2.24) is 9.97 Å². The third kappa shape index (κ3) is 1.27. The Balaban J connectivity index is 2.81. The standard InChI is InChI=1S/C6H11N3O/c1-4-8-5(2-3-7)6(10)9-4/h10H,2-3,7H2,1H3,(H,8,9). The van der Waals surface area contributed by atoms with Crippen LogP contribution >= 0.6 is 0 Å². The second-order valence-corrected chi connectivity index (χ2v) is 2.16. The van der Waals surface area contributed by atoms with E-state index in [-0.39, 0.29) is 5.88 Å². The van der Waals surface area contributed by atoms with E-state index < -0.39 is 0 Å². The first-order valence-electron chi connectivity index (χ1n) is 3.18. The van der Waals surface area contributed by atoms with Gasteiger partial charge >= 0.3 is 0 Å². The van der Waals surface area contributed by atoms with Crippen LogP contribution < -0.4 is 5.73 Å². The van der Waals surface area contributed by atoms with Crippen molar-refractivity contribution in [3.8, 4) is 5.88 Å². The number of rotatable bonds is 2. The number of hydrogen-bond acceptors (Lipinski definition) is 3. The number of aromatic amines is 1. The summed E-state index contributed by atoms with van der Waals surface area (Å²) in [7, 11) is 0. The number of aromatic hydroxyl groups is 1. The van der Waals surface area contributed by atoms with E-state index in [2.05, 4.69) is 9.97 Å². The number of imidazole rings is 1. The zero-order valence-corrected chi connectivity index (χ0v) is 5.89. The van der Waals surface area contributed by atoms with Gasteiger partial charge in [-0.3, -0.25) is 0 Å². The molecule has 0 unspecified atom stereocenters. The third-order valence-electron chi connectivity index (χ3n) is 1.27. The summed E-state index contributed by atoms with van der Waals surface area (Å²) in [6.07, 6.45) is 0.646. The molecule has 0 amide bonds. The molecule has 0 atom stereocenters. The largest absolute Gasteiger partial charge is 0.492 e. The normalized spacial score (nSPS) is 10.2. The minimum atomic E-state index is 0.0722. The number of aryl methyl sites for hydroxylation is 1. The molecule has 1 rings (SSSR count). The van der Waals surface area contributed by atoms with Gasteiger partial charge in [0, 0.05) is 6.42 Å². The second kappa shape index (κ2) is 2.70. The Morgan fingerprint density at radius 1 is 1.70 bits per heavy atom. The Kier molecular flexibility index (Phi) is 1.91. The van der Waals surface area contributed by atoms with Crippen LogP contribution in [0.5, 0.6) is 5.88 Å². The molecule has 0 aliphatic carbocycles. The van der Waals surface area contributed by atoms with E-state index in [9.17, 15) is 0 Å². The molecule has 1 aromatic heterocycles. The molecule has 0 aromatic carbocycles. The van der Waals surface area contributed by atoms with Crippen LogP contribution in [-0.4, -0.2) is 21.6 Å². The first kappa shape index (κ1) is 7.08. The van der Waals surface area contributed by atoms with E-state index in [4.69, 9.17) is 10.8 Å². The quantitative estimate of drug-likeness (QED) is 0.539. The molecular formula is C6H11N3O. The molecule has 0 saturated carbocycles. The lowest BCUT2D eigenvalue weighted by Gasteiger charge is -1.90. The summed E-state index contributed by atoms with van der Waals surface area (Å²) in [5.41, 5.74) is 6.00. The monoisotopic (exact) mass is 141 g/mol. The topological polar surface area (TPSA) is 74.9 Å². The summed E-state index contributed by atoms with van der Waals surface area (Å²) >= 11 is 0. The molecule has 0 aliphatic heterocycles. The van der Waals surface area contributed by atoms with Crippen LogP contribution in [0.15, 0.2) is 0 Å². The Bertz CT molecular complexity index is 219. The average Bonchev–Trinajstić information content (AvgIpc) is 2.13. The van der Waals surface area contributed by atoms with Crippen molar-refractivity contribution < 1.29 is 5.11 Å². The van der Waals surface area contributed by atoms with Crippen LogP contribution in [0.2, 0.25) is 0 Å². The molecule has 4 heteroatoms. The van der Waals surface area contributed by atoms with Gasteiger partial charge in [0.2, 0.25) is 5.88 Å². The van der Waals surface area contributed by atoms with Crippen LogP contribution in [0.3, 0.4) is 0 Å². The Hall–Kier alpha value is -1.03. The van der Waals surface area contributed by atoms with Gasteiger partial charge in [-0.15, -0.1) is 0 Å². The van der Waals surface area contributed by atoms with Gasteiger partial charge < -0.3 is 15.8 Å². The van der Waals surface area contributed by atoms with Crippen molar-refractivity contribution in [2.24, 2.45) is 5.73 Å². The van der Waals surface area contributed by atoms with E-state index in [0.717, 1.165) is 11.5 Å². The molecule has 0 radical (unpaired) electrons. The highest BCUT2D eigenvalue weighted by atomic mass is 16.3.